The average molecular weight is 382 g/mol. The first-order chi connectivity index (χ1) is 10.1. The molecule has 0 aliphatic carbocycles. The van der Waals surface area contributed by atoms with Crippen LogP contribution in [0.15, 0.2) is 58.5 Å². The Morgan fingerprint density at radius 1 is 0.857 bits per heavy atom. The fourth-order valence-corrected chi connectivity index (χ4v) is 4.09. The fourth-order valence-electron chi connectivity index (χ4n) is 1.97. The van der Waals surface area contributed by atoms with Gasteiger partial charge in [0.15, 0.2) is 0 Å². The molecule has 0 N–H and O–H groups in total. The molecule has 0 saturated carbocycles. The van der Waals surface area contributed by atoms with Gasteiger partial charge in [-0.15, -0.1) is 0 Å². The van der Waals surface area contributed by atoms with Gasteiger partial charge in [-0.05, 0) is 0 Å². The van der Waals surface area contributed by atoms with Gasteiger partial charge in [0, 0.05) is 0 Å². The van der Waals surface area contributed by atoms with Crippen LogP contribution in [0.1, 0.15) is 18.1 Å². The molecule has 0 saturated heterocycles. The van der Waals surface area contributed by atoms with Crippen LogP contribution in [-0.4, -0.2) is 30.3 Å². The molecule has 5 heteroatoms. The molecule has 2 aromatic rings. The summed E-state index contributed by atoms with van der Waals surface area (Å²) in [5.41, 5.74) is 2.11. The van der Waals surface area contributed by atoms with E-state index in [1.807, 2.05) is 48.5 Å². The minimum absolute atomic E-state index is 0.226. The second kappa shape index (κ2) is 6.33. The predicted molar refractivity (Wildman–Crippen MR) is 91.2 cm³/mol. The van der Waals surface area contributed by atoms with Crippen molar-refractivity contribution in [2.45, 2.75) is 11.9 Å². The quantitative estimate of drug-likeness (QED) is 0.694. The first-order valence-corrected chi connectivity index (χ1v) is 9.07. The van der Waals surface area contributed by atoms with E-state index in [9.17, 15) is 0 Å². The fraction of sp³-hybridized carbons (Fsp3) is 0.125. The molecule has 106 valence electrons. The number of rotatable bonds is 2. The van der Waals surface area contributed by atoms with Gasteiger partial charge in [-0.2, -0.15) is 0 Å². The van der Waals surface area contributed by atoms with Crippen molar-refractivity contribution in [3.63, 3.8) is 0 Å². The summed E-state index contributed by atoms with van der Waals surface area (Å²) in [6, 6.07) is 15.5. The molecule has 3 rings (SSSR count). The van der Waals surface area contributed by atoms with Gasteiger partial charge in [-0.3, -0.25) is 0 Å². The number of nitrogens with zero attached hydrogens (tertiary/aromatic N) is 2. The summed E-state index contributed by atoms with van der Waals surface area (Å²) < 4.78 is 1.10. The summed E-state index contributed by atoms with van der Waals surface area (Å²) in [5, 5.41) is 1.46. The van der Waals surface area contributed by atoms with Crippen LogP contribution in [0, 0.1) is 0 Å². The monoisotopic (exact) mass is 382 g/mol. The van der Waals surface area contributed by atoms with E-state index in [4.69, 9.17) is 28.2 Å². The van der Waals surface area contributed by atoms with E-state index in [1.165, 1.54) is 0 Å². The third-order valence-electron chi connectivity index (χ3n) is 2.99. The van der Waals surface area contributed by atoms with E-state index >= 15 is 0 Å². The van der Waals surface area contributed by atoms with Crippen LogP contribution in [0.3, 0.4) is 0 Å². The Morgan fingerprint density at radius 2 is 1.38 bits per heavy atom. The normalized spacial score (nSPS) is 18.1. The molecule has 0 fully saturated rings. The van der Waals surface area contributed by atoms with E-state index in [-0.39, 0.29) is 19.9 Å². The number of hydrogen-bond donors (Lipinski definition) is 0. The van der Waals surface area contributed by atoms with Gasteiger partial charge in [-0.1, -0.05) is 0 Å². The summed E-state index contributed by atoms with van der Waals surface area (Å²) in [7, 11) is 0. The van der Waals surface area contributed by atoms with Gasteiger partial charge in [-0.25, -0.2) is 0 Å². The maximum absolute atomic E-state index is 5.95. The Morgan fingerprint density at radius 3 is 1.95 bits per heavy atom. The molecule has 2 nitrogen and oxygen atoms in total. The van der Waals surface area contributed by atoms with E-state index in [1.54, 1.807) is 0 Å². The molecule has 1 aliphatic heterocycles. The Hall–Kier alpha value is -1.12. The number of aliphatic imine (C=N–C) groups is 2. The van der Waals surface area contributed by atoms with Crippen molar-refractivity contribution < 1.29 is 0 Å². The Balaban J connectivity index is 1.97. The van der Waals surface area contributed by atoms with Crippen molar-refractivity contribution in [2.24, 2.45) is 9.98 Å². The van der Waals surface area contributed by atoms with Gasteiger partial charge in [0.2, 0.25) is 0 Å². The topological polar surface area (TPSA) is 24.7 Å². The minimum atomic E-state index is 0.226. The average Bonchev–Trinajstić information content (AvgIpc) is 2.48. The van der Waals surface area contributed by atoms with Gasteiger partial charge in [0.05, 0.1) is 0 Å². The van der Waals surface area contributed by atoms with Crippen LogP contribution >= 0.6 is 23.2 Å². The van der Waals surface area contributed by atoms with Gasteiger partial charge >= 0.3 is 140 Å². The first kappa shape index (κ1) is 14.8. The molecule has 1 atom stereocenters. The third-order valence-corrected chi connectivity index (χ3v) is 5.58. The van der Waals surface area contributed by atoms with Crippen LogP contribution < -0.4 is 0 Å². The van der Waals surface area contributed by atoms with Gasteiger partial charge in [0.1, 0.15) is 0 Å². The van der Waals surface area contributed by atoms with Crippen molar-refractivity contribution >= 4 is 48.6 Å². The summed E-state index contributed by atoms with van der Waals surface area (Å²) in [4.78, 5) is 9.67. The molecule has 1 aliphatic rings. The van der Waals surface area contributed by atoms with Crippen molar-refractivity contribution in [1.82, 2.24) is 0 Å². The Bertz CT molecular complexity index is 706. The second-order valence-corrected chi connectivity index (χ2v) is 8.21. The number of amidine groups is 1. The van der Waals surface area contributed by atoms with Crippen molar-refractivity contribution in [2.75, 3.05) is 0 Å². The zero-order chi connectivity index (χ0) is 14.8. The number of halogens is 2. The van der Waals surface area contributed by atoms with Gasteiger partial charge < -0.3 is 0 Å². The summed E-state index contributed by atoms with van der Waals surface area (Å²) in [5.74, 6) is 0.775. The SMILES string of the molecule is CC1N=C(c2ccc(Cl)cc2)N=C(c2ccc(Cl)cc2)[Se]1. The molecule has 0 aromatic heterocycles. The summed E-state index contributed by atoms with van der Waals surface area (Å²) in [6.07, 6.45) is 0. The molecular weight excluding hydrogens is 370 g/mol. The van der Waals surface area contributed by atoms with E-state index in [0.29, 0.717) is 5.02 Å². The number of benzene rings is 2. The zero-order valence-corrected chi connectivity index (χ0v) is 14.5. The molecule has 1 unspecified atom stereocenters. The molecular formula is C16H12Cl2N2Se. The number of hydrogen-bond acceptors (Lipinski definition) is 2. The van der Waals surface area contributed by atoms with Gasteiger partial charge in [0.25, 0.3) is 0 Å². The van der Waals surface area contributed by atoms with E-state index in [2.05, 4.69) is 11.9 Å². The van der Waals surface area contributed by atoms with Crippen molar-refractivity contribution in [3.8, 4) is 0 Å². The summed E-state index contributed by atoms with van der Waals surface area (Å²) in [6.45, 7) is 2.13. The summed E-state index contributed by atoms with van der Waals surface area (Å²) >= 11 is 12.1. The van der Waals surface area contributed by atoms with Crippen LogP contribution in [-0.2, 0) is 0 Å². The maximum atomic E-state index is 5.95. The molecule has 0 spiro atoms. The van der Waals surface area contributed by atoms with E-state index < -0.39 is 0 Å². The Kier molecular flexibility index (Phi) is 4.46. The third kappa shape index (κ3) is 3.56. The molecule has 0 bridgehead atoms. The van der Waals surface area contributed by atoms with Crippen LogP contribution in [0.2, 0.25) is 10.0 Å². The predicted octanol–water partition coefficient (Wildman–Crippen LogP) is 4.25. The van der Waals surface area contributed by atoms with Crippen molar-refractivity contribution in [3.05, 3.63) is 69.7 Å². The molecule has 21 heavy (non-hydrogen) atoms. The molecule has 1 heterocycles. The zero-order valence-electron chi connectivity index (χ0n) is 11.3. The first-order valence-electron chi connectivity index (χ1n) is 6.47. The van der Waals surface area contributed by atoms with E-state index in [0.717, 1.165) is 26.6 Å². The Labute approximate surface area is 140 Å². The van der Waals surface area contributed by atoms with Crippen LogP contribution in [0.4, 0.5) is 0 Å². The van der Waals surface area contributed by atoms with Crippen LogP contribution in [0.5, 0.6) is 0 Å². The van der Waals surface area contributed by atoms with Crippen LogP contribution in [0.25, 0.3) is 0 Å². The molecule has 0 radical (unpaired) electrons. The van der Waals surface area contributed by atoms with Crippen molar-refractivity contribution in [1.29, 1.82) is 0 Å². The standard InChI is InChI=1S/C16H12Cl2N2Se/c1-10-19-15(11-2-6-13(17)7-3-11)20-16(21-10)12-4-8-14(18)9-5-12/h2-10H,1H3. The molecule has 2 aromatic carbocycles. The second-order valence-electron chi connectivity index (χ2n) is 4.60. The molecule has 0 amide bonds.